The minimum Gasteiger partial charge on any atom is -0.394 e. The Kier molecular flexibility index (Phi) is 8.02. The number of rotatable bonds is 4. The summed E-state index contributed by atoms with van der Waals surface area (Å²) in [6.45, 7) is 9.52. The molecule has 0 saturated heterocycles. The lowest BCUT2D eigenvalue weighted by Crippen LogP contribution is -2.22. The van der Waals surface area contributed by atoms with Gasteiger partial charge in [0.2, 0.25) is 5.91 Å². The van der Waals surface area contributed by atoms with E-state index in [4.69, 9.17) is 0 Å². The van der Waals surface area contributed by atoms with Crippen LogP contribution in [0.2, 0.25) is 0 Å². The van der Waals surface area contributed by atoms with Gasteiger partial charge in [-0.25, -0.2) is 0 Å². The van der Waals surface area contributed by atoms with Crippen LogP contribution in [0.5, 0.6) is 0 Å². The summed E-state index contributed by atoms with van der Waals surface area (Å²) in [6, 6.07) is 7.74. The Balaban J connectivity index is 0.00000154. The van der Waals surface area contributed by atoms with Crippen LogP contribution in [0, 0.1) is 0 Å². The lowest BCUT2D eigenvalue weighted by molar-refractivity contribution is -0.116. The molecule has 0 unspecified atom stereocenters. The molecule has 1 N–H and O–H groups in total. The third kappa shape index (κ3) is 5.42. The molecule has 104 valence electrons. The molecule has 19 heavy (non-hydrogen) atoms. The van der Waals surface area contributed by atoms with Crippen molar-refractivity contribution in [1.82, 2.24) is 5.32 Å². The second-order valence-corrected chi connectivity index (χ2v) is 3.78. The van der Waals surface area contributed by atoms with Gasteiger partial charge in [-0.2, -0.15) is 0 Å². The summed E-state index contributed by atoms with van der Waals surface area (Å²) in [5.41, 5.74) is 2.77. The van der Waals surface area contributed by atoms with E-state index in [1.165, 1.54) is 0 Å². The lowest BCUT2D eigenvalue weighted by atomic mass is 10.1. The number of allylic oxidation sites excluding steroid dienone is 2. The molecule has 1 aromatic rings. The van der Waals surface area contributed by atoms with E-state index in [2.05, 4.69) is 11.9 Å². The van der Waals surface area contributed by atoms with Crippen molar-refractivity contribution in [2.24, 2.45) is 0 Å². The SMILES string of the molecule is C=C(/C=C/NC)c1cccc(N(C)C(C)=O)c1.CC. The van der Waals surface area contributed by atoms with Crippen LogP contribution >= 0.6 is 0 Å². The number of anilines is 1. The van der Waals surface area contributed by atoms with E-state index in [1.54, 1.807) is 18.9 Å². The largest absolute Gasteiger partial charge is 0.394 e. The number of nitrogens with one attached hydrogen (secondary N) is 1. The summed E-state index contributed by atoms with van der Waals surface area (Å²) in [5, 5.41) is 2.92. The highest BCUT2D eigenvalue weighted by Gasteiger charge is 2.06. The summed E-state index contributed by atoms with van der Waals surface area (Å²) < 4.78 is 0. The van der Waals surface area contributed by atoms with E-state index in [9.17, 15) is 4.79 Å². The number of hydrogen-bond donors (Lipinski definition) is 1. The van der Waals surface area contributed by atoms with Crippen molar-refractivity contribution in [1.29, 1.82) is 0 Å². The molecule has 3 nitrogen and oxygen atoms in total. The van der Waals surface area contributed by atoms with Crippen LogP contribution in [0.15, 0.2) is 43.1 Å². The zero-order valence-corrected chi connectivity index (χ0v) is 12.5. The molecule has 3 heteroatoms. The van der Waals surface area contributed by atoms with E-state index in [1.807, 2.05) is 57.4 Å². The normalized spacial score (nSPS) is 9.53. The van der Waals surface area contributed by atoms with Gasteiger partial charge in [0.05, 0.1) is 0 Å². The number of nitrogens with zero attached hydrogens (tertiary/aromatic N) is 1. The van der Waals surface area contributed by atoms with Gasteiger partial charge >= 0.3 is 0 Å². The Morgan fingerprint density at radius 3 is 2.53 bits per heavy atom. The first-order valence-corrected chi connectivity index (χ1v) is 6.43. The highest BCUT2D eigenvalue weighted by molar-refractivity contribution is 5.91. The zero-order chi connectivity index (χ0) is 14.8. The van der Waals surface area contributed by atoms with E-state index in [0.29, 0.717) is 0 Å². The summed E-state index contributed by atoms with van der Waals surface area (Å²) in [4.78, 5) is 12.9. The van der Waals surface area contributed by atoms with Gasteiger partial charge in [-0.3, -0.25) is 4.79 Å². The third-order valence-corrected chi connectivity index (χ3v) is 2.53. The minimum absolute atomic E-state index is 0.0125. The lowest BCUT2D eigenvalue weighted by Gasteiger charge is -2.15. The van der Waals surface area contributed by atoms with Gasteiger partial charge in [0, 0.05) is 26.7 Å². The van der Waals surface area contributed by atoms with Gasteiger partial charge in [-0.15, -0.1) is 0 Å². The molecule has 0 aliphatic carbocycles. The summed E-state index contributed by atoms with van der Waals surface area (Å²) in [6.07, 6.45) is 3.72. The van der Waals surface area contributed by atoms with Gasteiger partial charge < -0.3 is 10.2 Å². The van der Waals surface area contributed by atoms with Crippen LogP contribution in [0.1, 0.15) is 26.3 Å². The molecular weight excluding hydrogens is 236 g/mol. The highest BCUT2D eigenvalue weighted by atomic mass is 16.2. The minimum atomic E-state index is 0.0125. The molecule has 0 fully saturated rings. The maximum atomic E-state index is 11.3. The molecule has 0 bridgehead atoms. The quantitative estimate of drug-likeness (QED) is 0.841. The molecule has 1 amide bonds. The summed E-state index contributed by atoms with van der Waals surface area (Å²) in [5.74, 6) is 0.0125. The van der Waals surface area contributed by atoms with Crippen LogP contribution in [-0.2, 0) is 4.79 Å². The average Bonchev–Trinajstić information content (AvgIpc) is 2.46. The van der Waals surface area contributed by atoms with Gasteiger partial charge in [0.25, 0.3) is 0 Å². The van der Waals surface area contributed by atoms with Crippen molar-refractivity contribution in [2.75, 3.05) is 19.0 Å². The predicted molar refractivity (Wildman–Crippen MR) is 84.1 cm³/mol. The maximum absolute atomic E-state index is 11.3. The Bertz CT molecular complexity index is 450. The second-order valence-electron chi connectivity index (χ2n) is 3.78. The average molecular weight is 260 g/mol. The molecule has 0 radical (unpaired) electrons. The molecule has 0 aliphatic heterocycles. The smallest absolute Gasteiger partial charge is 0.223 e. The number of hydrogen-bond acceptors (Lipinski definition) is 2. The fourth-order valence-electron chi connectivity index (χ4n) is 1.38. The summed E-state index contributed by atoms with van der Waals surface area (Å²) in [7, 11) is 3.59. The maximum Gasteiger partial charge on any atom is 0.223 e. The Hall–Kier alpha value is -2.03. The van der Waals surface area contributed by atoms with Crippen LogP contribution in [0.3, 0.4) is 0 Å². The van der Waals surface area contributed by atoms with E-state index < -0.39 is 0 Å². The Morgan fingerprint density at radius 2 is 2.00 bits per heavy atom. The van der Waals surface area contributed by atoms with Crippen LogP contribution in [-0.4, -0.2) is 20.0 Å². The molecule has 1 aromatic carbocycles. The number of benzene rings is 1. The molecular formula is C16H24N2O. The van der Waals surface area contributed by atoms with Crippen molar-refractivity contribution in [3.63, 3.8) is 0 Å². The van der Waals surface area contributed by atoms with Gasteiger partial charge in [0.15, 0.2) is 0 Å². The van der Waals surface area contributed by atoms with E-state index in [-0.39, 0.29) is 5.91 Å². The first kappa shape index (κ1) is 17.0. The van der Waals surface area contributed by atoms with Crippen LogP contribution in [0.25, 0.3) is 5.57 Å². The fourth-order valence-corrected chi connectivity index (χ4v) is 1.38. The molecule has 1 rings (SSSR count). The topological polar surface area (TPSA) is 32.3 Å². The fraction of sp³-hybridized carbons (Fsp3) is 0.312. The number of amides is 1. The molecule has 0 aliphatic rings. The predicted octanol–water partition coefficient (Wildman–Crippen LogP) is 3.44. The molecule has 0 aromatic heterocycles. The number of carbonyl (C=O) groups is 1. The van der Waals surface area contributed by atoms with Crippen molar-refractivity contribution in [3.05, 3.63) is 48.7 Å². The molecule has 0 saturated carbocycles. The van der Waals surface area contributed by atoms with Crippen molar-refractivity contribution in [3.8, 4) is 0 Å². The highest BCUT2D eigenvalue weighted by Crippen LogP contribution is 2.20. The van der Waals surface area contributed by atoms with Crippen LogP contribution < -0.4 is 10.2 Å². The zero-order valence-electron chi connectivity index (χ0n) is 12.5. The Labute approximate surface area is 116 Å². The van der Waals surface area contributed by atoms with Gasteiger partial charge in [-0.1, -0.05) is 32.6 Å². The standard InChI is InChI=1S/C14H18N2O.C2H6/c1-11(8-9-15-3)13-6-5-7-14(10-13)16(4)12(2)17;1-2/h5-10,15H,1H2,2-4H3;1-2H3/b9-8+;. The first-order valence-electron chi connectivity index (χ1n) is 6.43. The van der Waals surface area contributed by atoms with Crippen molar-refractivity contribution >= 4 is 17.2 Å². The van der Waals surface area contributed by atoms with Crippen molar-refractivity contribution < 1.29 is 4.79 Å². The molecule has 0 heterocycles. The second kappa shape index (κ2) is 8.97. The first-order chi connectivity index (χ1) is 9.06. The number of carbonyl (C=O) groups excluding carboxylic acids is 1. The monoisotopic (exact) mass is 260 g/mol. The molecule has 0 atom stereocenters. The Morgan fingerprint density at radius 1 is 1.37 bits per heavy atom. The van der Waals surface area contributed by atoms with Gasteiger partial charge in [-0.05, 0) is 35.5 Å². The molecule has 0 spiro atoms. The van der Waals surface area contributed by atoms with Crippen molar-refractivity contribution in [2.45, 2.75) is 20.8 Å². The van der Waals surface area contributed by atoms with Crippen LogP contribution in [0.4, 0.5) is 5.69 Å². The third-order valence-electron chi connectivity index (χ3n) is 2.53. The van der Waals surface area contributed by atoms with E-state index >= 15 is 0 Å². The van der Waals surface area contributed by atoms with Gasteiger partial charge in [0.1, 0.15) is 0 Å². The van der Waals surface area contributed by atoms with E-state index in [0.717, 1.165) is 16.8 Å². The summed E-state index contributed by atoms with van der Waals surface area (Å²) >= 11 is 0.